The Balaban J connectivity index is 2.50. The summed E-state index contributed by atoms with van der Waals surface area (Å²) in [5.74, 6) is 1.46. The molecule has 0 saturated heterocycles. The first kappa shape index (κ1) is 18.6. The Kier molecular flexibility index (Phi) is 7.35. The molecule has 124 valence electrons. The molecule has 3 nitrogen and oxygen atoms in total. The summed E-state index contributed by atoms with van der Waals surface area (Å²) in [6.45, 7) is 13.4. The van der Waals surface area contributed by atoms with Gasteiger partial charge in [0.1, 0.15) is 5.78 Å². The first-order valence-corrected chi connectivity index (χ1v) is 8.63. The lowest BCUT2D eigenvalue weighted by molar-refractivity contribution is -0.127. The molecule has 1 saturated carbocycles. The van der Waals surface area contributed by atoms with Crippen molar-refractivity contribution in [3.8, 4) is 0 Å². The quantitative estimate of drug-likeness (QED) is 0.720. The van der Waals surface area contributed by atoms with Gasteiger partial charge >= 0.3 is 0 Å². The Labute approximate surface area is 132 Å². The van der Waals surface area contributed by atoms with Crippen LogP contribution in [0.1, 0.15) is 53.4 Å². The lowest BCUT2D eigenvalue weighted by Gasteiger charge is -2.38. The van der Waals surface area contributed by atoms with Crippen LogP contribution in [0, 0.1) is 17.3 Å². The van der Waals surface area contributed by atoms with E-state index in [1.165, 1.54) is 6.42 Å². The van der Waals surface area contributed by atoms with Crippen molar-refractivity contribution in [1.29, 1.82) is 0 Å². The summed E-state index contributed by atoms with van der Waals surface area (Å²) >= 11 is 0. The summed E-state index contributed by atoms with van der Waals surface area (Å²) in [6.07, 6.45) is 4.16. The molecule has 2 unspecified atom stereocenters. The molecule has 1 rings (SSSR count). The number of hydrogen-bond donors (Lipinski definition) is 0. The molecule has 2 atom stereocenters. The third-order valence-corrected chi connectivity index (χ3v) is 4.99. The molecule has 1 aliphatic carbocycles. The number of carbonyl (C=O) groups is 1. The second kappa shape index (κ2) is 8.28. The average Bonchev–Trinajstić information content (AvgIpc) is 2.38. The zero-order valence-corrected chi connectivity index (χ0v) is 15.1. The summed E-state index contributed by atoms with van der Waals surface area (Å²) in [4.78, 5) is 17.0. The second-order valence-corrected chi connectivity index (χ2v) is 8.05. The van der Waals surface area contributed by atoms with Crippen LogP contribution < -0.4 is 0 Å². The highest BCUT2D eigenvalue weighted by molar-refractivity contribution is 5.82. The van der Waals surface area contributed by atoms with Crippen molar-refractivity contribution in [3.63, 3.8) is 0 Å². The number of Topliss-reactive ketones (excluding diaryl/α,β-unsaturated/α-hetero) is 1. The molecule has 0 amide bonds. The van der Waals surface area contributed by atoms with Gasteiger partial charge in [-0.25, -0.2) is 0 Å². The van der Waals surface area contributed by atoms with Crippen LogP contribution in [0.25, 0.3) is 0 Å². The molecule has 0 aromatic heterocycles. The summed E-state index contributed by atoms with van der Waals surface area (Å²) in [5.41, 5.74) is 0.334. The van der Waals surface area contributed by atoms with Crippen LogP contribution in [0.3, 0.4) is 0 Å². The van der Waals surface area contributed by atoms with Gasteiger partial charge in [0.2, 0.25) is 0 Å². The molecule has 0 aromatic carbocycles. The number of carbonyl (C=O) groups excluding carboxylic acids is 1. The third kappa shape index (κ3) is 6.48. The Morgan fingerprint density at radius 2 is 1.86 bits per heavy atom. The summed E-state index contributed by atoms with van der Waals surface area (Å²) in [5, 5.41) is 0. The van der Waals surface area contributed by atoms with Gasteiger partial charge < -0.3 is 9.80 Å². The predicted molar refractivity (Wildman–Crippen MR) is 90.6 cm³/mol. The fourth-order valence-electron chi connectivity index (χ4n) is 3.38. The molecule has 0 bridgehead atoms. The Morgan fingerprint density at radius 1 is 1.19 bits per heavy atom. The molecule has 0 aliphatic heterocycles. The lowest BCUT2D eigenvalue weighted by atomic mass is 9.68. The Hall–Kier alpha value is -0.410. The van der Waals surface area contributed by atoms with Gasteiger partial charge in [-0.15, -0.1) is 0 Å². The predicted octanol–water partition coefficient (Wildman–Crippen LogP) is 3.29. The molecule has 0 N–H and O–H groups in total. The van der Waals surface area contributed by atoms with E-state index in [9.17, 15) is 4.79 Å². The van der Waals surface area contributed by atoms with Crippen molar-refractivity contribution in [1.82, 2.24) is 9.80 Å². The maximum absolute atomic E-state index is 12.3. The number of ketones is 1. The minimum absolute atomic E-state index is 0.266. The SMILES string of the molecule is CCN(CCCN(C)C)CC1CC(C(C)(C)C)CCC1=O. The third-order valence-electron chi connectivity index (χ3n) is 4.99. The molecule has 1 fully saturated rings. The zero-order chi connectivity index (χ0) is 16.0. The highest BCUT2D eigenvalue weighted by atomic mass is 16.1. The summed E-state index contributed by atoms with van der Waals surface area (Å²) in [7, 11) is 4.24. The van der Waals surface area contributed by atoms with Crippen LogP contribution in [0.4, 0.5) is 0 Å². The van der Waals surface area contributed by atoms with E-state index in [1.807, 2.05) is 0 Å². The fourth-order valence-corrected chi connectivity index (χ4v) is 3.38. The minimum Gasteiger partial charge on any atom is -0.309 e. The van der Waals surface area contributed by atoms with Gasteiger partial charge in [0.05, 0.1) is 0 Å². The monoisotopic (exact) mass is 296 g/mol. The zero-order valence-electron chi connectivity index (χ0n) is 15.1. The minimum atomic E-state index is 0.266. The van der Waals surface area contributed by atoms with E-state index in [-0.39, 0.29) is 5.92 Å². The van der Waals surface area contributed by atoms with E-state index < -0.39 is 0 Å². The van der Waals surface area contributed by atoms with Gasteiger partial charge in [-0.1, -0.05) is 27.7 Å². The van der Waals surface area contributed by atoms with Gasteiger partial charge in [-0.3, -0.25) is 4.79 Å². The van der Waals surface area contributed by atoms with E-state index in [4.69, 9.17) is 0 Å². The number of rotatable bonds is 7. The van der Waals surface area contributed by atoms with Crippen molar-refractivity contribution < 1.29 is 4.79 Å². The largest absolute Gasteiger partial charge is 0.309 e. The maximum atomic E-state index is 12.3. The lowest BCUT2D eigenvalue weighted by Crippen LogP contribution is -2.40. The van der Waals surface area contributed by atoms with Gasteiger partial charge in [0.15, 0.2) is 0 Å². The number of hydrogen-bond acceptors (Lipinski definition) is 3. The van der Waals surface area contributed by atoms with E-state index in [0.717, 1.165) is 45.4 Å². The van der Waals surface area contributed by atoms with Gasteiger partial charge in [-0.2, -0.15) is 0 Å². The smallest absolute Gasteiger partial charge is 0.137 e. The maximum Gasteiger partial charge on any atom is 0.137 e. The first-order valence-electron chi connectivity index (χ1n) is 8.63. The van der Waals surface area contributed by atoms with Crippen LogP contribution in [-0.2, 0) is 4.79 Å². The molecule has 1 aliphatic rings. The molecule has 0 aromatic rings. The van der Waals surface area contributed by atoms with E-state index in [2.05, 4.69) is 51.6 Å². The van der Waals surface area contributed by atoms with Crippen LogP contribution >= 0.6 is 0 Å². The van der Waals surface area contributed by atoms with Crippen LogP contribution in [0.15, 0.2) is 0 Å². The van der Waals surface area contributed by atoms with E-state index >= 15 is 0 Å². The summed E-state index contributed by atoms with van der Waals surface area (Å²) in [6, 6.07) is 0. The average molecular weight is 296 g/mol. The van der Waals surface area contributed by atoms with Crippen molar-refractivity contribution in [2.24, 2.45) is 17.3 Å². The topological polar surface area (TPSA) is 23.6 Å². The number of nitrogens with zero attached hydrogens (tertiary/aromatic N) is 2. The standard InChI is InChI=1S/C18H36N2O/c1-7-20(12-8-11-19(5)6)14-15-13-16(18(2,3)4)9-10-17(15)21/h15-16H,7-14H2,1-6H3. The highest BCUT2D eigenvalue weighted by Crippen LogP contribution is 2.39. The molecule has 21 heavy (non-hydrogen) atoms. The molecule has 0 spiro atoms. The first-order chi connectivity index (χ1) is 9.74. The van der Waals surface area contributed by atoms with E-state index in [1.54, 1.807) is 0 Å². The van der Waals surface area contributed by atoms with Crippen LogP contribution in [-0.4, -0.2) is 55.9 Å². The fraction of sp³-hybridized carbons (Fsp3) is 0.944. The Morgan fingerprint density at radius 3 is 2.38 bits per heavy atom. The molecular formula is C18H36N2O. The van der Waals surface area contributed by atoms with Crippen molar-refractivity contribution in [2.45, 2.75) is 53.4 Å². The van der Waals surface area contributed by atoms with Gasteiger partial charge in [-0.05, 0) is 64.3 Å². The molecule has 0 heterocycles. The van der Waals surface area contributed by atoms with Crippen molar-refractivity contribution in [2.75, 3.05) is 40.3 Å². The highest BCUT2D eigenvalue weighted by Gasteiger charge is 2.35. The van der Waals surface area contributed by atoms with Gasteiger partial charge in [0.25, 0.3) is 0 Å². The molecular weight excluding hydrogens is 260 g/mol. The van der Waals surface area contributed by atoms with Crippen LogP contribution in [0.5, 0.6) is 0 Å². The van der Waals surface area contributed by atoms with Gasteiger partial charge in [0, 0.05) is 18.9 Å². The van der Waals surface area contributed by atoms with Crippen LogP contribution in [0.2, 0.25) is 0 Å². The Bertz CT molecular complexity index is 320. The second-order valence-electron chi connectivity index (χ2n) is 8.05. The van der Waals surface area contributed by atoms with E-state index in [0.29, 0.717) is 17.1 Å². The van der Waals surface area contributed by atoms with Crippen molar-refractivity contribution >= 4 is 5.78 Å². The molecule has 3 heteroatoms. The summed E-state index contributed by atoms with van der Waals surface area (Å²) < 4.78 is 0. The normalized spacial score (nSPS) is 24.1. The molecule has 0 radical (unpaired) electrons. The van der Waals surface area contributed by atoms with Crippen molar-refractivity contribution in [3.05, 3.63) is 0 Å².